The van der Waals surface area contributed by atoms with Crippen molar-refractivity contribution in [3.05, 3.63) is 11.6 Å². The minimum Gasteiger partial charge on any atom is -0.0885 e. The van der Waals surface area contributed by atoms with Crippen LogP contribution >= 0.6 is 0 Å². The van der Waals surface area contributed by atoms with E-state index in [1.807, 2.05) is 0 Å². The maximum absolute atomic E-state index is 2.37. The molecule has 0 heterocycles. The number of hydrogen-bond acceptors (Lipinski definition) is 0. The lowest BCUT2D eigenvalue weighted by molar-refractivity contribution is 0.553. The van der Waals surface area contributed by atoms with E-state index in [2.05, 4.69) is 26.8 Å². The molecule has 0 aliphatic carbocycles. The van der Waals surface area contributed by atoms with Crippen LogP contribution in [-0.4, -0.2) is 0 Å². The highest BCUT2D eigenvalue weighted by Gasteiger charge is 1.98. The minimum absolute atomic E-state index is 1.35. The lowest BCUT2D eigenvalue weighted by atomic mass is 9.99. The molecule has 0 heteroatoms. The summed E-state index contributed by atoms with van der Waals surface area (Å²) in [5.74, 6) is 0. The van der Waals surface area contributed by atoms with E-state index >= 15 is 0 Å². The smallest absolute Gasteiger partial charge is 0.0320 e. The Labute approximate surface area is 135 Å². The van der Waals surface area contributed by atoms with Crippen LogP contribution in [-0.2, 0) is 0 Å². The zero-order valence-corrected chi connectivity index (χ0v) is 15.4. The number of hydrogen-bond donors (Lipinski definition) is 0. The molecule has 126 valence electrons. The highest BCUT2D eigenvalue weighted by atomic mass is 14.0. The molecular weight excluding hydrogens is 252 g/mol. The van der Waals surface area contributed by atoms with Gasteiger partial charge in [0.25, 0.3) is 0 Å². The maximum atomic E-state index is 2.37. The van der Waals surface area contributed by atoms with Gasteiger partial charge in [-0.15, -0.1) is 0 Å². The SMILES string of the molecule is CC=C(CCCCCC)CCCCCCCCCCCC. The van der Waals surface area contributed by atoms with Crippen molar-refractivity contribution in [2.24, 2.45) is 0 Å². The molecular formula is C21H42. The Bertz CT molecular complexity index is 214. The Kier molecular flexibility index (Phi) is 17.6. The van der Waals surface area contributed by atoms with Gasteiger partial charge >= 0.3 is 0 Å². The molecule has 0 unspecified atom stereocenters. The second-order valence-corrected chi connectivity index (χ2v) is 6.69. The Hall–Kier alpha value is -0.260. The van der Waals surface area contributed by atoms with Crippen LogP contribution in [0.1, 0.15) is 124 Å². The topological polar surface area (TPSA) is 0 Å². The molecule has 0 saturated heterocycles. The average molecular weight is 295 g/mol. The van der Waals surface area contributed by atoms with Gasteiger partial charge in [0.05, 0.1) is 0 Å². The van der Waals surface area contributed by atoms with Gasteiger partial charge in [-0.2, -0.15) is 0 Å². The number of allylic oxidation sites excluding steroid dienone is 2. The van der Waals surface area contributed by atoms with Crippen LogP contribution < -0.4 is 0 Å². The second kappa shape index (κ2) is 17.8. The predicted molar refractivity (Wildman–Crippen MR) is 99.0 cm³/mol. The fourth-order valence-corrected chi connectivity index (χ4v) is 3.03. The van der Waals surface area contributed by atoms with E-state index in [1.54, 1.807) is 5.57 Å². The Balaban J connectivity index is 3.28. The summed E-state index contributed by atoms with van der Waals surface area (Å²) in [4.78, 5) is 0. The van der Waals surface area contributed by atoms with Crippen LogP contribution in [0.25, 0.3) is 0 Å². The standard InChI is InChI=1S/C21H42/c1-4-7-9-11-12-13-14-15-16-18-20-21(6-3)19-17-10-8-5-2/h6H,4-5,7-20H2,1-3H3. The third-order valence-corrected chi connectivity index (χ3v) is 4.61. The first-order valence-corrected chi connectivity index (χ1v) is 9.99. The molecule has 0 amide bonds. The van der Waals surface area contributed by atoms with E-state index < -0.39 is 0 Å². The Morgan fingerprint density at radius 2 is 0.857 bits per heavy atom. The molecule has 0 aromatic rings. The van der Waals surface area contributed by atoms with Crippen LogP contribution in [0.5, 0.6) is 0 Å². The summed E-state index contributed by atoms with van der Waals surface area (Å²) in [5, 5.41) is 0. The Morgan fingerprint density at radius 1 is 0.524 bits per heavy atom. The molecule has 0 aliphatic heterocycles. The van der Waals surface area contributed by atoms with Crippen molar-refractivity contribution in [3.8, 4) is 0 Å². The van der Waals surface area contributed by atoms with Crippen molar-refractivity contribution in [2.75, 3.05) is 0 Å². The fraction of sp³-hybridized carbons (Fsp3) is 0.905. The molecule has 0 aromatic heterocycles. The number of unbranched alkanes of at least 4 members (excludes halogenated alkanes) is 12. The van der Waals surface area contributed by atoms with Crippen molar-refractivity contribution in [2.45, 2.75) is 124 Å². The van der Waals surface area contributed by atoms with Gasteiger partial charge < -0.3 is 0 Å². The summed E-state index contributed by atoms with van der Waals surface area (Å²) in [7, 11) is 0. The third-order valence-electron chi connectivity index (χ3n) is 4.61. The maximum Gasteiger partial charge on any atom is -0.0320 e. The van der Waals surface area contributed by atoms with Crippen LogP contribution in [0, 0.1) is 0 Å². The van der Waals surface area contributed by atoms with Crippen molar-refractivity contribution in [1.82, 2.24) is 0 Å². The highest BCUT2D eigenvalue weighted by molar-refractivity contribution is 4.99. The van der Waals surface area contributed by atoms with Crippen LogP contribution in [0.3, 0.4) is 0 Å². The average Bonchev–Trinajstić information content (AvgIpc) is 2.51. The van der Waals surface area contributed by atoms with E-state index in [0.29, 0.717) is 0 Å². The summed E-state index contributed by atoms with van der Waals surface area (Å²) in [6.45, 7) is 6.81. The van der Waals surface area contributed by atoms with Crippen LogP contribution in [0.15, 0.2) is 11.6 Å². The second-order valence-electron chi connectivity index (χ2n) is 6.69. The lowest BCUT2D eigenvalue weighted by Gasteiger charge is -2.07. The van der Waals surface area contributed by atoms with Crippen LogP contribution in [0.2, 0.25) is 0 Å². The van der Waals surface area contributed by atoms with Gasteiger partial charge in [0.1, 0.15) is 0 Å². The minimum atomic E-state index is 1.35. The van der Waals surface area contributed by atoms with E-state index in [4.69, 9.17) is 0 Å². The summed E-state index contributed by atoms with van der Waals surface area (Å²) in [6, 6.07) is 0. The molecule has 0 bridgehead atoms. The van der Waals surface area contributed by atoms with Gasteiger partial charge in [-0.1, -0.05) is 103 Å². The summed E-state index contributed by atoms with van der Waals surface area (Å²) in [5.41, 5.74) is 1.71. The molecule has 0 rings (SSSR count). The molecule has 0 spiro atoms. The van der Waals surface area contributed by atoms with Gasteiger partial charge in [-0.25, -0.2) is 0 Å². The van der Waals surface area contributed by atoms with E-state index in [0.717, 1.165) is 0 Å². The predicted octanol–water partition coefficient (Wildman–Crippen LogP) is 8.21. The molecule has 0 atom stereocenters. The van der Waals surface area contributed by atoms with Crippen molar-refractivity contribution < 1.29 is 0 Å². The first-order valence-electron chi connectivity index (χ1n) is 9.99. The van der Waals surface area contributed by atoms with Gasteiger partial charge in [-0.05, 0) is 32.6 Å². The summed E-state index contributed by atoms with van der Waals surface area (Å²) in [6.07, 6.45) is 25.1. The molecule has 0 fully saturated rings. The van der Waals surface area contributed by atoms with Crippen LogP contribution in [0.4, 0.5) is 0 Å². The largest absolute Gasteiger partial charge is 0.0885 e. The number of rotatable bonds is 16. The molecule has 0 aromatic carbocycles. The fourth-order valence-electron chi connectivity index (χ4n) is 3.03. The molecule has 0 N–H and O–H groups in total. The zero-order valence-electron chi connectivity index (χ0n) is 15.4. The van der Waals surface area contributed by atoms with Crippen molar-refractivity contribution in [1.29, 1.82) is 0 Å². The molecule has 0 saturated carbocycles. The normalized spacial score (nSPS) is 12.0. The van der Waals surface area contributed by atoms with Gasteiger partial charge in [-0.3, -0.25) is 0 Å². The van der Waals surface area contributed by atoms with E-state index in [9.17, 15) is 0 Å². The summed E-state index contributed by atoms with van der Waals surface area (Å²) < 4.78 is 0. The molecule has 21 heavy (non-hydrogen) atoms. The first-order chi connectivity index (χ1) is 10.3. The summed E-state index contributed by atoms with van der Waals surface area (Å²) >= 11 is 0. The van der Waals surface area contributed by atoms with Gasteiger partial charge in [0.15, 0.2) is 0 Å². The zero-order chi connectivity index (χ0) is 15.6. The van der Waals surface area contributed by atoms with Crippen molar-refractivity contribution in [3.63, 3.8) is 0 Å². The van der Waals surface area contributed by atoms with Crippen molar-refractivity contribution >= 4 is 0 Å². The van der Waals surface area contributed by atoms with E-state index in [1.165, 1.54) is 103 Å². The molecule has 0 aliphatic rings. The molecule has 0 radical (unpaired) electrons. The lowest BCUT2D eigenvalue weighted by Crippen LogP contribution is -1.87. The van der Waals surface area contributed by atoms with Gasteiger partial charge in [0.2, 0.25) is 0 Å². The monoisotopic (exact) mass is 294 g/mol. The Morgan fingerprint density at radius 3 is 1.24 bits per heavy atom. The third kappa shape index (κ3) is 15.9. The highest BCUT2D eigenvalue weighted by Crippen LogP contribution is 2.18. The first kappa shape index (κ1) is 20.7. The quantitative estimate of drug-likeness (QED) is 0.199. The van der Waals surface area contributed by atoms with E-state index in [-0.39, 0.29) is 0 Å². The van der Waals surface area contributed by atoms with Gasteiger partial charge in [0, 0.05) is 0 Å². The molecule has 0 nitrogen and oxygen atoms in total.